The number of halogens is 6. The molecule has 3 atom stereocenters. The lowest BCUT2D eigenvalue weighted by Crippen LogP contribution is -2.24. The van der Waals surface area contributed by atoms with Crippen LogP contribution in [0.15, 0.2) is 18.2 Å². The molecule has 1 saturated carbocycles. The van der Waals surface area contributed by atoms with Crippen LogP contribution in [0.4, 0.5) is 26.3 Å². The van der Waals surface area contributed by atoms with E-state index in [9.17, 15) is 31.1 Å². The van der Waals surface area contributed by atoms with E-state index in [0.717, 1.165) is 25.2 Å². The maximum absolute atomic E-state index is 13.2. The number of benzene rings is 1. The van der Waals surface area contributed by atoms with Crippen molar-refractivity contribution in [2.45, 2.75) is 31.7 Å². The molecule has 1 aromatic carbocycles. The third-order valence-corrected chi connectivity index (χ3v) is 5.19. The highest BCUT2D eigenvalue weighted by Crippen LogP contribution is 2.42. The zero-order valence-electron chi connectivity index (χ0n) is 13.2. The Bertz CT molecular complexity index is 640. The quantitative estimate of drug-likeness (QED) is 0.585. The number of alkyl halides is 6. The number of likely N-dealkylation sites (tertiary alicyclic amines) is 1. The average Bonchev–Trinajstić information content (AvgIpc) is 3.03. The van der Waals surface area contributed by atoms with E-state index in [2.05, 4.69) is 0 Å². The number of carbonyl (C=O) groups excluding carboxylic acids is 1. The molecule has 0 amide bonds. The molecule has 1 unspecified atom stereocenters. The maximum Gasteiger partial charge on any atom is 0.416 e. The predicted octanol–water partition coefficient (Wildman–Crippen LogP) is 4.38. The SMILES string of the molecule is O=CC1C[C@@H]2CN(Cc3ccc(C(F)(F)F)cc3C(F)(F)F)C[C@@H]2C1. The topological polar surface area (TPSA) is 20.3 Å². The molecule has 0 aromatic heterocycles. The Labute approximate surface area is 140 Å². The zero-order chi connectivity index (χ0) is 18.4. The van der Waals surface area contributed by atoms with Crippen LogP contribution in [-0.2, 0) is 23.7 Å². The van der Waals surface area contributed by atoms with Gasteiger partial charge in [-0.15, -0.1) is 0 Å². The van der Waals surface area contributed by atoms with Crippen LogP contribution in [0, 0.1) is 17.8 Å². The van der Waals surface area contributed by atoms with Crippen LogP contribution in [0.1, 0.15) is 29.5 Å². The minimum Gasteiger partial charge on any atom is -0.303 e. The Morgan fingerprint density at radius 3 is 2.08 bits per heavy atom. The van der Waals surface area contributed by atoms with Gasteiger partial charge in [0.25, 0.3) is 0 Å². The summed E-state index contributed by atoms with van der Waals surface area (Å²) in [6.45, 7) is 1.12. The molecule has 1 aromatic rings. The number of nitrogens with zero attached hydrogens (tertiary/aromatic N) is 1. The van der Waals surface area contributed by atoms with Gasteiger partial charge >= 0.3 is 12.4 Å². The molecule has 25 heavy (non-hydrogen) atoms. The summed E-state index contributed by atoms with van der Waals surface area (Å²) in [7, 11) is 0. The maximum atomic E-state index is 13.2. The lowest BCUT2D eigenvalue weighted by Gasteiger charge is -2.21. The zero-order valence-corrected chi connectivity index (χ0v) is 13.2. The average molecular weight is 365 g/mol. The lowest BCUT2D eigenvalue weighted by molar-refractivity contribution is -0.143. The Morgan fingerprint density at radius 2 is 1.60 bits per heavy atom. The van der Waals surface area contributed by atoms with Crippen LogP contribution in [-0.4, -0.2) is 24.3 Å². The van der Waals surface area contributed by atoms with Gasteiger partial charge in [-0.05, 0) is 42.4 Å². The molecule has 0 bridgehead atoms. The van der Waals surface area contributed by atoms with Crippen LogP contribution in [0.25, 0.3) is 0 Å². The second-order valence-electron chi connectivity index (χ2n) is 6.95. The second kappa shape index (κ2) is 6.30. The lowest BCUT2D eigenvalue weighted by atomic mass is 10.0. The van der Waals surface area contributed by atoms with E-state index in [1.165, 1.54) is 0 Å². The van der Waals surface area contributed by atoms with Crippen LogP contribution in [0.5, 0.6) is 0 Å². The summed E-state index contributed by atoms with van der Waals surface area (Å²) in [6.07, 6.45) is -7.24. The number of fused-ring (bicyclic) bond motifs is 1. The van der Waals surface area contributed by atoms with Gasteiger partial charge in [-0.2, -0.15) is 26.3 Å². The number of hydrogen-bond donors (Lipinski definition) is 0. The molecule has 0 spiro atoms. The van der Waals surface area contributed by atoms with Crippen LogP contribution < -0.4 is 0 Å². The molecule has 1 aliphatic heterocycles. The summed E-state index contributed by atoms with van der Waals surface area (Å²) in [6, 6.07) is 1.81. The summed E-state index contributed by atoms with van der Waals surface area (Å²) in [5, 5.41) is 0. The van der Waals surface area contributed by atoms with Gasteiger partial charge < -0.3 is 4.79 Å². The minimum absolute atomic E-state index is 0.0222. The standard InChI is InChI=1S/C17H17F6NO/c18-16(19,20)14-2-1-11(15(5-14)17(21,22)23)6-24-7-12-3-10(9-25)4-13(12)8-24/h1-2,5,9-10,12-13H,3-4,6-8H2/t10?,12-,13+. The van der Waals surface area contributed by atoms with Gasteiger partial charge in [0.1, 0.15) is 6.29 Å². The molecule has 3 rings (SSSR count). The Balaban J connectivity index is 1.78. The van der Waals surface area contributed by atoms with E-state index < -0.39 is 23.5 Å². The minimum atomic E-state index is -4.84. The van der Waals surface area contributed by atoms with Crippen molar-refractivity contribution in [1.29, 1.82) is 0 Å². The summed E-state index contributed by atoms with van der Waals surface area (Å²) in [5.41, 5.74) is -2.67. The highest BCUT2D eigenvalue weighted by atomic mass is 19.4. The number of hydrogen-bond acceptors (Lipinski definition) is 2. The van der Waals surface area contributed by atoms with Crippen molar-refractivity contribution in [2.75, 3.05) is 13.1 Å². The highest BCUT2D eigenvalue weighted by Gasteiger charge is 2.42. The van der Waals surface area contributed by atoms with Gasteiger partial charge in [0.2, 0.25) is 0 Å². The Kier molecular flexibility index (Phi) is 4.59. The van der Waals surface area contributed by atoms with Crippen molar-refractivity contribution in [2.24, 2.45) is 17.8 Å². The summed E-state index contributed by atoms with van der Waals surface area (Å²) in [5.74, 6) is 0.576. The van der Waals surface area contributed by atoms with Gasteiger partial charge in [0.05, 0.1) is 11.1 Å². The smallest absolute Gasteiger partial charge is 0.303 e. The Morgan fingerprint density at radius 1 is 1.00 bits per heavy atom. The van der Waals surface area contributed by atoms with Gasteiger partial charge in [0, 0.05) is 25.6 Å². The molecule has 8 heteroatoms. The van der Waals surface area contributed by atoms with Crippen molar-refractivity contribution in [1.82, 2.24) is 4.90 Å². The molecule has 0 N–H and O–H groups in total. The number of carbonyl (C=O) groups is 1. The number of aldehydes is 1. The van der Waals surface area contributed by atoms with Crippen molar-refractivity contribution >= 4 is 6.29 Å². The van der Waals surface area contributed by atoms with Gasteiger partial charge in [-0.3, -0.25) is 4.90 Å². The molecule has 1 aliphatic carbocycles. The van der Waals surface area contributed by atoms with E-state index in [4.69, 9.17) is 0 Å². The molecular formula is C17H17F6NO. The van der Waals surface area contributed by atoms with E-state index in [0.29, 0.717) is 19.2 Å². The summed E-state index contributed by atoms with van der Waals surface area (Å²) < 4.78 is 77.7. The van der Waals surface area contributed by atoms with Crippen molar-refractivity contribution in [3.63, 3.8) is 0 Å². The van der Waals surface area contributed by atoms with Crippen LogP contribution in [0.3, 0.4) is 0 Å². The second-order valence-corrected chi connectivity index (χ2v) is 6.95. The molecule has 1 saturated heterocycles. The summed E-state index contributed by atoms with van der Waals surface area (Å²) in [4.78, 5) is 12.7. The fraction of sp³-hybridized carbons (Fsp3) is 0.588. The third kappa shape index (κ3) is 3.83. The molecule has 1 heterocycles. The van der Waals surface area contributed by atoms with E-state index in [-0.39, 0.29) is 35.9 Å². The van der Waals surface area contributed by atoms with E-state index in [1.54, 1.807) is 0 Å². The fourth-order valence-corrected chi connectivity index (χ4v) is 4.08. The monoisotopic (exact) mass is 365 g/mol. The summed E-state index contributed by atoms with van der Waals surface area (Å²) >= 11 is 0. The molecule has 2 aliphatic rings. The first-order valence-corrected chi connectivity index (χ1v) is 8.03. The molecule has 2 fully saturated rings. The first-order valence-electron chi connectivity index (χ1n) is 8.03. The highest BCUT2D eigenvalue weighted by molar-refractivity contribution is 5.54. The largest absolute Gasteiger partial charge is 0.416 e. The number of rotatable bonds is 3. The molecule has 0 radical (unpaired) electrons. The first kappa shape index (κ1) is 18.2. The van der Waals surface area contributed by atoms with Crippen LogP contribution in [0.2, 0.25) is 0 Å². The van der Waals surface area contributed by atoms with E-state index in [1.807, 2.05) is 4.90 Å². The predicted molar refractivity (Wildman–Crippen MR) is 77.5 cm³/mol. The molecule has 2 nitrogen and oxygen atoms in total. The fourth-order valence-electron chi connectivity index (χ4n) is 4.08. The van der Waals surface area contributed by atoms with E-state index >= 15 is 0 Å². The third-order valence-electron chi connectivity index (χ3n) is 5.19. The normalized spacial score (nSPS) is 27.5. The van der Waals surface area contributed by atoms with Gasteiger partial charge in [-0.1, -0.05) is 6.07 Å². The Hall–Kier alpha value is -1.57. The van der Waals surface area contributed by atoms with Crippen molar-refractivity contribution in [3.8, 4) is 0 Å². The van der Waals surface area contributed by atoms with Gasteiger partial charge in [-0.25, -0.2) is 0 Å². The van der Waals surface area contributed by atoms with Crippen LogP contribution >= 0.6 is 0 Å². The van der Waals surface area contributed by atoms with Gasteiger partial charge in [0.15, 0.2) is 0 Å². The molecule has 138 valence electrons. The first-order chi connectivity index (χ1) is 11.6. The molecular weight excluding hydrogens is 348 g/mol. The van der Waals surface area contributed by atoms with Crippen molar-refractivity contribution in [3.05, 3.63) is 34.9 Å². The van der Waals surface area contributed by atoms with Crippen molar-refractivity contribution < 1.29 is 31.1 Å².